The SMILES string of the molecule is CC1(C=O)CC2(C)CN([C@@H](Cc3cnc[nH]3)C(=O)O)C(=O)C(C)(C1)C2. The Hall–Kier alpha value is -2.18. The molecule has 1 aliphatic heterocycles. The highest BCUT2D eigenvalue weighted by atomic mass is 16.4. The summed E-state index contributed by atoms with van der Waals surface area (Å²) in [5.41, 5.74) is -0.823. The van der Waals surface area contributed by atoms with E-state index in [-0.39, 0.29) is 17.7 Å². The molecule has 1 aromatic heterocycles. The molecular weight excluding hydrogens is 322 g/mol. The lowest BCUT2D eigenvalue weighted by molar-refractivity contribution is -0.174. The smallest absolute Gasteiger partial charge is 0.326 e. The molecule has 1 amide bonds. The summed E-state index contributed by atoms with van der Waals surface area (Å²) in [6, 6.07) is -0.938. The number of nitrogens with one attached hydrogen (secondary N) is 1. The molecule has 2 fully saturated rings. The minimum absolute atomic E-state index is 0.162. The van der Waals surface area contributed by atoms with Crippen molar-refractivity contribution in [2.24, 2.45) is 16.2 Å². The second-order valence-electron chi connectivity index (χ2n) is 8.74. The van der Waals surface area contributed by atoms with Gasteiger partial charge in [0.2, 0.25) is 5.91 Å². The van der Waals surface area contributed by atoms with Crippen LogP contribution >= 0.6 is 0 Å². The van der Waals surface area contributed by atoms with E-state index in [4.69, 9.17) is 0 Å². The molecule has 25 heavy (non-hydrogen) atoms. The summed E-state index contributed by atoms with van der Waals surface area (Å²) in [6.07, 6.45) is 6.06. The highest BCUT2D eigenvalue weighted by Crippen LogP contribution is 2.57. The van der Waals surface area contributed by atoms with Crippen LogP contribution in [0.15, 0.2) is 12.5 Å². The van der Waals surface area contributed by atoms with Crippen molar-refractivity contribution in [1.29, 1.82) is 0 Å². The molecule has 3 unspecified atom stereocenters. The summed E-state index contributed by atoms with van der Waals surface area (Å²) < 4.78 is 0. The number of piperidine rings is 1. The average molecular weight is 347 g/mol. The molecule has 0 spiro atoms. The fourth-order valence-corrected chi connectivity index (χ4v) is 5.36. The fraction of sp³-hybridized carbons (Fsp3) is 0.667. The number of aliphatic carboxylic acids is 1. The molecule has 2 aliphatic rings. The normalized spacial score (nSPS) is 36.1. The van der Waals surface area contributed by atoms with E-state index in [1.807, 2.05) is 13.8 Å². The van der Waals surface area contributed by atoms with Crippen molar-refractivity contribution in [3.63, 3.8) is 0 Å². The highest BCUT2D eigenvalue weighted by Gasteiger charge is 2.58. The molecule has 7 nitrogen and oxygen atoms in total. The van der Waals surface area contributed by atoms with Crippen LogP contribution < -0.4 is 0 Å². The second kappa shape index (κ2) is 5.68. The lowest BCUT2D eigenvalue weighted by atomic mass is 9.52. The van der Waals surface area contributed by atoms with E-state index in [0.717, 1.165) is 6.29 Å². The number of carbonyl (C=O) groups is 3. The summed E-state index contributed by atoms with van der Waals surface area (Å²) in [5, 5.41) is 9.74. The number of hydrogen-bond donors (Lipinski definition) is 2. The van der Waals surface area contributed by atoms with Crippen LogP contribution in [0.4, 0.5) is 0 Å². The Bertz CT molecular complexity index is 699. The van der Waals surface area contributed by atoms with Crippen LogP contribution in [0.1, 0.15) is 45.7 Å². The van der Waals surface area contributed by atoms with Gasteiger partial charge in [0.25, 0.3) is 0 Å². The standard InChI is InChI=1S/C18H25N3O4/c1-16-6-17(2,10-22)8-18(3,7-16)15(25)21(9-16)13(14(23)24)4-12-5-19-11-20-12/h5,10-11,13H,4,6-9H2,1-3H3,(H,19,20)(H,23,24)/t13-,16?,17?,18?/m0/s1. The maximum Gasteiger partial charge on any atom is 0.326 e. The van der Waals surface area contributed by atoms with Crippen LogP contribution in [-0.2, 0) is 20.8 Å². The fourth-order valence-electron chi connectivity index (χ4n) is 5.36. The molecular formula is C18H25N3O4. The molecule has 1 aromatic rings. The topological polar surface area (TPSA) is 103 Å². The number of nitrogens with zero attached hydrogens (tertiary/aromatic N) is 2. The predicted molar refractivity (Wildman–Crippen MR) is 89.7 cm³/mol. The number of aromatic nitrogens is 2. The summed E-state index contributed by atoms with van der Waals surface area (Å²) >= 11 is 0. The van der Waals surface area contributed by atoms with Crippen LogP contribution in [0.2, 0.25) is 0 Å². The molecule has 1 saturated heterocycles. The van der Waals surface area contributed by atoms with Gasteiger partial charge in [0.05, 0.1) is 6.33 Å². The van der Waals surface area contributed by atoms with Gasteiger partial charge in [0.1, 0.15) is 12.3 Å². The van der Waals surface area contributed by atoms with Gasteiger partial charge in [0, 0.05) is 35.7 Å². The van der Waals surface area contributed by atoms with Crippen LogP contribution in [0.5, 0.6) is 0 Å². The number of imidazole rings is 1. The number of H-pyrrole nitrogens is 1. The Kier molecular flexibility index (Phi) is 4.00. The van der Waals surface area contributed by atoms with Crippen molar-refractivity contribution in [3.05, 3.63) is 18.2 Å². The van der Waals surface area contributed by atoms with Crippen LogP contribution in [-0.4, -0.2) is 50.7 Å². The third-order valence-electron chi connectivity index (χ3n) is 5.68. The first-order valence-electron chi connectivity index (χ1n) is 8.57. The van der Waals surface area contributed by atoms with Gasteiger partial charge >= 0.3 is 5.97 Å². The largest absolute Gasteiger partial charge is 0.480 e. The number of amides is 1. The number of hydrogen-bond acceptors (Lipinski definition) is 4. The Morgan fingerprint density at radius 2 is 2.12 bits per heavy atom. The number of aldehydes is 1. The molecule has 136 valence electrons. The third-order valence-corrected chi connectivity index (χ3v) is 5.68. The third kappa shape index (κ3) is 3.07. The maximum atomic E-state index is 13.2. The molecule has 0 radical (unpaired) electrons. The summed E-state index contributed by atoms with van der Waals surface area (Å²) in [5.74, 6) is -1.18. The van der Waals surface area contributed by atoms with Crippen molar-refractivity contribution in [2.45, 2.75) is 52.5 Å². The van der Waals surface area contributed by atoms with Crippen LogP contribution in [0.3, 0.4) is 0 Å². The highest BCUT2D eigenvalue weighted by molar-refractivity contribution is 5.89. The molecule has 4 atom stereocenters. The number of aromatic amines is 1. The minimum Gasteiger partial charge on any atom is -0.480 e. The minimum atomic E-state index is -1.02. The number of carboxylic acids is 1. The number of fused-ring (bicyclic) bond motifs is 2. The van der Waals surface area contributed by atoms with Gasteiger partial charge in [-0.25, -0.2) is 9.78 Å². The number of rotatable bonds is 5. The molecule has 1 aliphatic carbocycles. The monoisotopic (exact) mass is 347 g/mol. The summed E-state index contributed by atoms with van der Waals surface area (Å²) in [4.78, 5) is 45.0. The molecule has 3 rings (SSSR count). The van der Waals surface area contributed by atoms with Gasteiger partial charge in [0.15, 0.2) is 0 Å². The molecule has 2 bridgehead atoms. The molecule has 1 saturated carbocycles. The number of carbonyl (C=O) groups excluding carboxylic acids is 2. The second-order valence-corrected chi connectivity index (χ2v) is 8.74. The Balaban J connectivity index is 1.94. The van der Waals surface area contributed by atoms with Crippen molar-refractivity contribution >= 4 is 18.2 Å². The first kappa shape index (κ1) is 17.6. The summed E-state index contributed by atoms with van der Waals surface area (Å²) in [7, 11) is 0. The van der Waals surface area contributed by atoms with E-state index in [9.17, 15) is 19.5 Å². The van der Waals surface area contributed by atoms with E-state index >= 15 is 0 Å². The Morgan fingerprint density at radius 1 is 1.40 bits per heavy atom. The zero-order valence-electron chi connectivity index (χ0n) is 14.9. The predicted octanol–water partition coefficient (Wildman–Crippen LogP) is 1.65. The van der Waals surface area contributed by atoms with Gasteiger partial charge < -0.3 is 19.8 Å². The van der Waals surface area contributed by atoms with Crippen molar-refractivity contribution in [3.8, 4) is 0 Å². The van der Waals surface area contributed by atoms with E-state index in [2.05, 4.69) is 16.9 Å². The van der Waals surface area contributed by atoms with Gasteiger partial charge in [-0.15, -0.1) is 0 Å². The Morgan fingerprint density at radius 3 is 2.68 bits per heavy atom. The van der Waals surface area contributed by atoms with Crippen LogP contribution in [0, 0.1) is 16.2 Å². The average Bonchev–Trinajstić information content (AvgIpc) is 3.00. The Labute approximate surface area is 146 Å². The molecule has 0 aromatic carbocycles. The van der Waals surface area contributed by atoms with Crippen LogP contribution in [0.25, 0.3) is 0 Å². The van der Waals surface area contributed by atoms with E-state index < -0.39 is 22.8 Å². The molecule has 2 N–H and O–H groups in total. The van der Waals surface area contributed by atoms with E-state index in [1.165, 1.54) is 11.2 Å². The lowest BCUT2D eigenvalue weighted by Gasteiger charge is -2.57. The molecule has 2 heterocycles. The first-order chi connectivity index (χ1) is 11.6. The van der Waals surface area contributed by atoms with Gasteiger partial charge in [-0.2, -0.15) is 0 Å². The number of likely N-dealkylation sites (tertiary alicyclic amines) is 1. The number of carboxylic acid groups (broad SMARTS) is 1. The van der Waals surface area contributed by atoms with Crippen molar-refractivity contribution < 1.29 is 19.5 Å². The summed E-state index contributed by atoms with van der Waals surface area (Å²) in [6.45, 7) is 6.18. The van der Waals surface area contributed by atoms with E-state index in [0.29, 0.717) is 31.5 Å². The van der Waals surface area contributed by atoms with Gasteiger partial charge in [-0.3, -0.25) is 4.79 Å². The zero-order valence-corrected chi connectivity index (χ0v) is 14.9. The lowest BCUT2D eigenvalue weighted by Crippen LogP contribution is -2.64. The van der Waals surface area contributed by atoms with Crippen molar-refractivity contribution in [2.75, 3.05) is 6.54 Å². The first-order valence-corrected chi connectivity index (χ1v) is 8.57. The zero-order chi connectivity index (χ0) is 18.5. The van der Waals surface area contributed by atoms with E-state index in [1.54, 1.807) is 6.20 Å². The quantitative estimate of drug-likeness (QED) is 0.788. The van der Waals surface area contributed by atoms with Gasteiger partial charge in [-0.1, -0.05) is 20.8 Å². The maximum absolute atomic E-state index is 13.2. The van der Waals surface area contributed by atoms with Crippen molar-refractivity contribution in [1.82, 2.24) is 14.9 Å². The molecule has 7 heteroatoms. The van der Waals surface area contributed by atoms with Gasteiger partial charge in [-0.05, 0) is 24.7 Å².